The van der Waals surface area contributed by atoms with Crippen LogP contribution in [0.15, 0.2) is 36.4 Å². The molecular weight excluding hydrogens is 456 g/mol. The molecule has 192 valence electrons. The molecule has 0 radical (unpaired) electrons. The molecule has 0 unspecified atom stereocenters. The highest BCUT2D eigenvalue weighted by molar-refractivity contribution is 6.00. The fourth-order valence-corrected chi connectivity index (χ4v) is 4.50. The molecule has 2 N–H and O–H groups in total. The Bertz CT molecular complexity index is 977. The Hall–Kier alpha value is -3.07. The van der Waals surface area contributed by atoms with Crippen molar-refractivity contribution in [3.05, 3.63) is 47.5 Å². The minimum absolute atomic E-state index is 0.0910. The smallest absolute Gasteiger partial charge is 0.388 e. The third-order valence-corrected chi connectivity index (χ3v) is 6.27. The molecule has 0 atom stereocenters. The average Bonchev–Trinajstić information content (AvgIpc) is 2.85. The van der Waals surface area contributed by atoms with Crippen LogP contribution in [0.3, 0.4) is 0 Å². The third-order valence-electron chi connectivity index (χ3n) is 6.27. The Kier molecular flexibility index (Phi) is 10.6. The molecule has 1 aromatic heterocycles. The molecule has 1 amide bonds. The predicted molar refractivity (Wildman–Crippen MR) is 131 cm³/mol. The van der Waals surface area contributed by atoms with Gasteiger partial charge in [-0.1, -0.05) is 38.1 Å². The van der Waals surface area contributed by atoms with Gasteiger partial charge in [0.15, 0.2) is 0 Å². The van der Waals surface area contributed by atoms with Crippen molar-refractivity contribution >= 4 is 17.9 Å². The summed E-state index contributed by atoms with van der Waals surface area (Å²) >= 11 is 0. The van der Waals surface area contributed by atoms with E-state index in [4.69, 9.17) is 9.53 Å². The van der Waals surface area contributed by atoms with E-state index in [9.17, 15) is 13.6 Å². The quantitative estimate of drug-likeness (QED) is 0.502. The molecule has 1 fully saturated rings. The van der Waals surface area contributed by atoms with Crippen molar-refractivity contribution in [2.45, 2.75) is 70.4 Å². The number of ether oxygens (including phenoxy) is 2. The minimum atomic E-state index is -3.08. The molecule has 1 aliphatic carbocycles. The van der Waals surface area contributed by atoms with Gasteiger partial charge in [-0.05, 0) is 62.8 Å². The maximum absolute atomic E-state index is 13.8. The number of aldehydes is 1. The van der Waals surface area contributed by atoms with Crippen LogP contribution < -0.4 is 20.1 Å². The van der Waals surface area contributed by atoms with Crippen LogP contribution in [0.2, 0.25) is 0 Å². The number of pyridine rings is 1. The van der Waals surface area contributed by atoms with Gasteiger partial charge in [0.05, 0.1) is 12.5 Å². The molecule has 9 heteroatoms. The molecule has 0 spiro atoms. The van der Waals surface area contributed by atoms with Crippen molar-refractivity contribution in [2.24, 2.45) is 0 Å². The summed E-state index contributed by atoms with van der Waals surface area (Å²) in [5.74, 6) is -0.263. The Balaban J connectivity index is 0.00000137. The maximum Gasteiger partial charge on any atom is 0.388 e. The number of anilines is 1. The van der Waals surface area contributed by atoms with Crippen LogP contribution >= 0.6 is 0 Å². The van der Waals surface area contributed by atoms with Crippen LogP contribution in [0.1, 0.15) is 63.5 Å². The van der Waals surface area contributed by atoms with Crippen molar-refractivity contribution in [1.82, 2.24) is 10.3 Å². The second-order valence-electron chi connectivity index (χ2n) is 8.66. The molecule has 3 rings (SSSR count). The lowest BCUT2D eigenvalue weighted by Gasteiger charge is -2.41. The number of benzene rings is 1. The first kappa shape index (κ1) is 28.2. The van der Waals surface area contributed by atoms with E-state index in [0.29, 0.717) is 18.9 Å². The van der Waals surface area contributed by atoms with Crippen LogP contribution in [-0.4, -0.2) is 44.0 Å². The summed E-state index contributed by atoms with van der Waals surface area (Å²) in [6.45, 7) is 2.57. The van der Waals surface area contributed by atoms with Crippen molar-refractivity contribution < 1.29 is 27.8 Å². The van der Waals surface area contributed by atoms with E-state index < -0.39 is 12.0 Å². The van der Waals surface area contributed by atoms with Gasteiger partial charge in [-0.25, -0.2) is 0 Å². The topological polar surface area (TPSA) is 89.6 Å². The first-order valence-corrected chi connectivity index (χ1v) is 11.7. The Morgan fingerprint density at radius 2 is 1.80 bits per heavy atom. The monoisotopic (exact) mass is 491 g/mol. The number of nitrogens with zero attached hydrogens (tertiary/aromatic N) is 1. The zero-order chi connectivity index (χ0) is 26.0. The molecule has 0 saturated heterocycles. The number of hydrogen-bond donors (Lipinski definition) is 2. The number of carbonyl (C=O) groups excluding carboxylic acids is 2. The van der Waals surface area contributed by atoms with Crippen LogP contribution in [0.4, 0.5) is 14.5 Å². The fraction of sp³-hybridized carbons (Fsp3) is 0.500. The van der Waals surface area contributed by atoms with Gasteiger partial charge in [-0.3, -0.25) is 4.79 Å². The lowest BCUT2D eigenvalue weighted by Crippen LogP contribution is -2.47. The minimum Gasteiger partial charge on any atom is -0.481 e. The number of alkyl halides is 2. The predicted octanol–water partition coefficient (Wildman–Crippen LogP) is 5.06. The first-order valence-electron chi connectivity index (χ1n) is 11.7. The molecule has 2 aromatic rings. The van der Waals surface area contributed by atoms with Crippen LogP contribution in [-0.2, 0) is 15.0 Å². The first-order chi connectivity index (χ1) is 16.7. The van der Waals surface area contributed by atoms with Gasteiger partial charge >= 0.3 is 6.61 Å². The standard InChI is InChI=1S/C24H31F2N3O3.C2H4O/c1-15(2)17-7-5-6-8-18(17)24(13-11-16(27-3)12-14-24)22(30)28-19-9-10-20(31-4)29-21(19)32-23(25)26;1-2-3/h5-10,15-16,23,27H,11-14H2,1-4H3,(H,28,30);2H,1H3. The number of methoxy groups -OCH3 is 1. The van der Waals surface area contributed by atoms with Gasteiger partial charge in [0, 0.05) is 12.1 Å². The van der Waals surface area contributed by atoms with Gasteiger partial charge in [0.1, 0.15) is 12.0 Å². The summed E-state index contributed by atoms with van der Waals surface area (Å²) in [4.78, 5) is 26.6. The van der Waals surface area contributed by atoms with Gasteiger partial charge in [-0.15, -0.1) is 0 Å². The zero-order valence-corrected chi connectivity index (χ0v) is 20.9. The van der Waals surface area contributed by atoms with Crippen molar-refractivity contribution in [1.29, 1.82) is 0 Å². The second-order valence-corrected chi connectivity index (χ2v) is 8.66. The SMILES string of the molecule is CC=O.CNC1CCC(C(=O)Nc2ccc(OC)nc2OC(F)F)(c2ccccc2C(C)C)CC1. The van der Waals surface area contributed by atoms with E-state index in [2.05, 4.69) is 40.3 Å². The molecule has 1 aromatic carbocycles. The fourth-order valence-electron chi connectivity index (χ4n) is 4.50. The molecule has 7 nitrogen and oxygen atoms in total. The van der Waals surface area contributed by atoms with Crippen molar-refractivity contribution in [3.8, 4) is 11.8 Å². The summed E-state index contributed by atoms with van der Waals surface area (Å²) in [7, 11) is 3.31. The number of aromatic nitrogens is 1. The van der Waals surface area contributed by atoms with Crippen LogP contribution in [0.5, 0.6) is 11.8 Å². The van der Waals surface area contributed by atoms with Crippen LogP contribution in [0.25, 0.3) is 0 Å². The highest BCUT2D eigenvalue weighted by Gasteiger charge is 2.44. The molecule has 1 aliphatic rings. The second kappa shape index (κ2) is 13.1. The number of hydrogen-bond acceptors (Lipinski definition) is 6. The summed E-state index contributed by atoms with van der Waals surface area (Å²) in [5, 5.41) is 6.14. The average molecular weight is 492 g/mol. The number of nitrogens with one attached hydrogen (secondary N) is 2. The highest BCUT2D eigenvalue weighted by atomic mass is 19.3. The lowest BCUT2D eigenvalue weighted by atomic mass is 9.65. The van der Waals surface area contributed by atoms with E-state index in [-0.39, 0.29) is 29.3 Å². The lowest BCUT2D eigenvalue weighted by molar-refractivity contribution is -0.123. The van der Waals surface area contributed by atoms with E-state index in [1.165, 1.54) is 26.2 Å². The summed E-state index contributed by atoms with van der Waals surface area (Å²) in [5.41, 5.74) is 1.41. The molecule has 35 heavy (non-hydrogen) atoms. The van der Waals surface area contributed by atoms with Gasteiger partial charge in [-0.2, -0.15) is 13.8 Å². The maximum atomic E-state index is 13.8. The van der Waals surface area contributed by atoms with Crippen molar-refractivity contribution in [2.75, 3.05) is 19.5 Å². The summed E-state index contributed by atoms with van der Waals surface area (Å²) < 4.78 is 35.5. The molecule has 0 aliphatic heterocycles. The van der Waals surface area contributed by atoms with Gasteiger partial charge in [0.25, 0.3) is 0 Å². The molecule has 0 bridgehead atoms. The molecule has 1 saturated carbocycles. The number of carbonyl (C=O) groups is 2. The third kappa shape index (κ3) is 6.97. The zero-order valence-electron chi connectivity index (χ0n) is 20.9. The van der Waals surface area contributed by atoms with Gasteiger partial charge in [0.2, 0.25) is 17.7 Å². The van der Waals surface area contributed by atoms with E-state index in [1.54, 1.807) is 0 Å². The Morgan fingerprint density at radius 3 is 2.34 bits per heavy atom. The summed E-state index contributed by atoms with van der Waals surface area (Å²) in [6, 6.07) is 11.3. The summed E-state index contributed by atoms with van der Waals surface area (Å²) in [6.07, 6.45) is 3.70. The van der Waals surface area contributed by atoms with E-state index >= 15 is 0 Å². The normalized spacial score (nSPS) is 19.5. The highest BCUT2D eigenvalue weighted by Crippen LogP contribution is 2.44. The number of rotatable bonds is 8. The van der Waals surface area contributed by atoms with Crippen molar-refractivity contribution in [3.63, 3.8) is 0 Å². The number of amides is 1. The molecule has 1 heterocycles. The number of halogens is 2. The Morgan fingerprint density at radius 1 is 1.17 bits per heavy atom. The van der Waals surface area contributed by atoms with E-state index in [0.717, 1.165) is 30.3 Å². The Labute approximate surface area is 205 Å². The van der Waals surface area contributed by atoms with E-state index in [1.807, 2.05) is 25.2 Å². The molecular formula is C26H35F2N3O4. The largest absolute Gasteiger partial charge is 0.481 e. The van der Waals surface area contributed by atoms with Gasteiger partial charge < -0.3 is 24.9 Å². The van der Waals surface area contributed by atoms with Crippen LogP contribution in [0, 0.1) is 0 Å².